The van der Waals surface area contributed by atoms with Gasteiger partial charge in [0.05, 0.1) is 0 Å². The van der Waals surface area contributed by atoms with Crippen LogP contribution in [0.2, 0.25) is 0 Å². The van der Waals surface area contributed by atoms with Crippen LogP contribution in [-0.2, 0) is 4.57 Å². The summed E-state index contributed by atoms with van der Waals surface area (Å²) in [7, 11) is -4.26. The van der Waals surface area contributed by atoms with Crippen molar-refractivity contribution in [1.29, 1.82) is 0 Å². The van der Waals surface area contributed by atoms with Gasteiger partial charge in [-0.2, -0.15) is 4.79 Å². The Hall–Kier alpha value is -0.470. The third-order valence-electron chi connectivity index (χ3n) is 0.566. The third kappa shape index (κ3) is 2.00. The van der Waals surface area contributed by atoms with Crippen LogP contribution in [0.3, 0.4) is 0 Å². The topological polar surface area (TPSA) is 93.9 Å². The van der Waals surface area contributed by atoms with E-state index in [9.17, 15) is 4.57 Å². The van der Waals surface area contributed by atoms with E-state index in [2.05, 4.69) is 4.79 Å². The highest BCUT2D eigenvalue weighted by Gasteiger charge is 2.25. The normalized spacial score (nSPS) is 10.4. The maximum absolute atomic E-state index is 9.97. The average molecular weight is 136 g/mol. The summed E-state index contributed by atoms with van der Waals surface area (Å²) < 4.78 is 9.97. The lowest BCUT2D eigenvalue weighted by molar-refractivity contribution is -0.00328. The van der Waals surface area contributed by atoms with Gasteiger partial charge in [-0.3, -0.25) is 0 Å². The van der Waals surface area contributed by atoms with Gasteiger partial charge in [-0.05, 0) is 0 Å². The maximum atomic E-state index is 9.97. The Morgan fingerprint density at radius 3 is 2.12 bits per heavy atom. The zero-order chi connectivity index (χ0) is 6.78. The largest absolute Gasteiger partial charge is 0.432 e. The van der Waals surface area contributed by atoms with Crippen molar-refractivity contribution in [2.24, 2.45) is 0 Å². The van der Waals surface area contributed by atoms with Gasteiger partial charge in [0.2, 0.25) is 0 Å². The van der Waals surface area contributed by atoms with Crippen molar-refractivity contribution in [3.63, 3.8) is 0 Å². The monoisotopic (exact) mass is 136 g/mol. The summed E-state index contributed by atoms with van der Waals surface area (Å²) in [5, 5.41) is 0. The molecule has 5 nitrogen and oxygen atoms in total. The Bertz CT molecular complexity index is 173. The molecule has 0 aliphatic rings. The lowest BCUT2D eigenvalue weighted by atomic mass is 10.9. The van der Waals surface area contributed by atoms with E-state index >= 15 is 0 Å². The molecule has 8 heavy (non-hydrogen) atoms. The van der Waals surface area contributed by atoms with E-state index in [0.29, 0.717) is 0 Å². The minimum Gasteiger partial charge on any atom is -0.361 e. The molecule has 0 amide bonds. The molecule has 2 N–H and O–H groups in total. The molecule has 0 saturated carbocycles. The molecular weight excluding hydrogens is 131 g/mol. The van der Waals surface area contributed by atoms with Crippen LogP contribution in [-0.4, -0.2) is 20.0 Å². The molecule has 0 aliphatic carbocycles. The van der Waals surface area contributed by atoms with Crippen LogP contribution in [0.1, 0.15) is 6.92 Å². The molecule has 0 bridgehead atoms. The first kappa shape index (κ1) is 7.53. The summed E-state index contributed by atoms with van der Waals surface area (Å²) in [4.78, 5) is 18.5. The zero-order valence-electron chi connectivity index (χ0n) is 4.14. The number of hydrogen-bond donors (Lipinski definition) is 2. The van der Waals surface area contributed by atoms with E-state index in [1.165, 1.54) is 0 Å². The van der Waals surface area contributed by atoms with E-state index in [-0.39, 0.29) is 0 Å². The van der Waals surface area contributed by atoms with Gasteiger partial charge in [0.25, 0.3) is 0 Å². The van der Waals surface area contributed by atoms with Gasteiger partial charge in [0, 0.05) is 6.92 Å². The third-order valence-corrected chi connectivity index (χ3v) is 1.50. The van der Waals surface area contributed by atoms with Gasteiger partial charge in [-0.25, -0.2) is 4.57 Å². The Labute approximate surface area is 45.7 Å². The smallest absolute Gasteiger partial charge is 0.361 e. The van der Waals surface area contributed by atoms with Gasteiger partial charge >= 0.3 is 13.0 Å². The minimum atomic E-state index is -4.26. The number of rotatable bonds is 1. The van der Waals surface area contributed by atoms with Gasteiger partial charge in [0.1, 0.15) is 0 Å². The Morgan fingerprint density at radius 2 is 2.12 bits per heavy atom. The fraction of sp³-hybridized carbons (Fsp3) is 0.500. The van der Waals surface area contributed by atoms with E-state index in [0.717, 1.165) is 6.92 Å². The highest BCUT2D eigenvalue weighted by molar-refractivity contribution is 7.70. The number of nitrogens with zero attached hydrogens (tertiary/aromatic N) is 2. The first-order valence-corrected chi connectivity index (χ1v) is 3.34. The predicted octanol–water partition coefficient (Wildman–Crippen LogP) is -0.188. The standard InChI is InChI=1S/C2H5N2O3P/c1-2(4-3)8(5,6)7/h1H3,(H2,5,6,7). The highest BCUT2D eigenvalue weighted by Crippen LogP contribution is 2.34. The maximum Gasteiger partial charge on any atom is 0.432 e. The Balaban J connectivity index is 4.53. The second-order valence-corrected chi connectivity index (χ2v) is 2.93. The molecular formula is C2H5N2O3P. The molecule has 6 heteroatoms. The Kier molecular flexibility index (Phi) is 2.07. The van der Waals surface area contributed by atoms with Crippen molar-refractivity contribution in [2.75, 3.05) is 0 Å². The SMILES string of the molecule is CC(=[N+]=[N-])P(=O)(O)O. The fourth-order valence-electron chi connectivity index (χ4n) is 0.0583. The minimum absolute atomic E-state index is 0.572. The second kappa shape index (κ2) is 2.20. The van der Waals surface area contributed by atoms with Crippen LogP contribution in [0.15, 0.2) is 0 Å². The summed E-state index contributed by atoms with van der Waals surface area (Å²) in [5.74, 6) is 0. The van der Waals surface area contributed by atoms with Crippen LogP contribution in [0, 0.1) is 0 Å². The van der Waals surface area contributed by atoms with Crippen LogP contribution in [0.25, 0.3) is 5.53 Å². The van der Waals surface area contributed by atoms with Crippen molar-refractivity contribution >= 4 is 13.0 Å². The summed E-state index contributed by atoms with van der Waals surface area (Å²) in [6, 6.07) is 0. The van der Waals surface area contributed by atoms with Crippen LogP contribution in [0.5, 0.6) is 0 Å². The molecule has 0 radical (unpaired) electrons. The molecule has 0 unspecified atom stereocenters. The summed E-state index contributed by atoms with van der Waals surface area (Å²) in [6.45, 7) is 1.04. The fourth-order valence-corrected chi connectivity index (χ4v) is 0.175. The van der Waals surface area contributed by atoms with Crippen molar-refractivity contribution in [3.8, 4) is 0 Å². The van der Waals surface area contributed by atoms with Crippen molar-refractivity contribution in [3.05, 3.63) is 5.53 Å². The summed E-state index contributed by atoms with van der Waals surface area (Å²) in [6.07, 6.45) is 0. The van der Waals surface area contributed by atoms with Gasteiger partial charge in [-0.15, -0.1) is 0 Å². The molecule has 0 aromatic heterocycles. The van der Waals surface area contributed by atoms with Crippen molar-refractivity contribution in [2.45, 2.75) is 6.92 Å². The molecule has 0 aliphatic heterocycles. The van der Waals surface area contributed by atoms with Crippen LogP contribution in [0.4, 0.5) is 0 Å². The first-order valence-electron chi connectivity index (χ1n) is 1.73. The second-order valence-electron chi connectivity index (χ2n) is 1.19. The molecule has 0 aromatic rings. The average Bonchev–Trinajstić information content (AvgIpc) is 1.62. The first-order chi connectivity index (χ1) is 3.48. The number of hydrogen-bond acceptors (Lipinski definition) is 1. The van der Waals surface area contributed by atoms with E-state index in [1.807, 2.05) is 0 Å². The Morgan fingerprint density at radius 1 is 1.75 bits per heavy atom. The molecule has 0 saturated heterocycles. The molecule has 0 atom stereocenters. The quantitative estimate of drug-likeness (QED) is 0.226. The van der Waals surface area contributed by atoms with Gasteiger partial charge in [-0.1, -0.05) is 0 Å². The lowest BCUT2D eigenvalue weighted by Crippen LogP contribution is -1.92. The van der Waals surface area contributed by atoms with E-state index < -0.39 is 13.0 Å². The lowest BCUT2D eigenvalue weighted by Gasteiger charge is -1.88. The van der Waals surface area contributed by atoms with Gasteiger partial charge < -0.3 is 15.3 Å². The molecule has 46 valence electrons. The summed E-state index contributed by atoms with van der Waals surface area (Å²) >= 11 is 0. The van der Waals surface area contributed by atoms with Crippen molar-refractivity contribution < 1.29 is 19.1 Å². The highest BCUT2D eigenvalue weighted by atomic mass is 31.2. The van der Waals surface area contributed by atoms with Crippen LogP contribution < -0.4 is 0 Å². The van der Waals surface area contributed by atoms with E-state index in [1.54, 1.807) is 0 Å². The molecule has 0 aromatic carbocycles. The van der Waals surface area contributed by atoms with Crippen LogP contribution >= 0.6 is 7.60 Å². The predicted molar refractivity (Wildman–Crippen MR) is 26.3 cm³/mol. The van der Waals surface area contributed by atoms with Gasteiger partial charge in [0.15, 0.2) is 0 Å². The zero-order valence-corrected chi connectivity index (χ0v) is 5.04. The molecule has 0 rings (SSSR count). The summed E-state index contributed by atoms with van der Waals surface area (Å²) in [5.41, 5.74) is 7.19. The molecule has 0 heterocycles. The van der Waals surface area contributed by atoms with Crippen molar-refractivity contribution in [1.82, 2.24) is 0 Å². The van der Waals surface area contributed by atoms with E-state index in [4.69, 9.17) is 15.3 Å². The molecule has 0 spiro atoms. The molecule has 0 fully saturated rings.